The number of methoxy groups -OCH3 is 2. The number of hydrogen-bond donors (Lipinski definition) is 0. The van der Waals surface area contributed by atoms with Gasteiger partial charge in [0.1, 0.15) is 16.5 Å². The molecule has 0 fully saturated rings. The lowest BCUT2D eigenvalue weighted by Crippen LogP contribution is -2.05. The summed E-state index contributed by atoms with van der Waals surface area (Å²) in [5.74, 6) is 3.15. The third-order valence-corrected chi connectivity index (χ3v) is 9.20. The van der Waals surface area contributed by atoms with Gasteiger partial charge in [-0.1, -0.05) is 23.4 Å². The van der Waals surface area contributed by atoms with Gasteiger partial charge >= 0.3 is 0 Å². The highest BCUT2D eigenvalue weighted by Crippen LogP contribution is 2.37. The van der Waals surface area contributed by atoms with Crippen LogP contribution in [0.4, 0.5) is 0 Å². The molecule has 2 heterocycles. The van der Waals surface area contributed by atoms with Crippen molar-refractivity contribution in [2.45, 2.75) is 45.6 Å². The number of nitrogens with zero attached hydrogens (tertiary/aromatic N) is 2. The lowest BCUT2D eigenvalue weighted by Gasteiger charge is -2.15. The van der Waals surface area contributed by atoms with E-state index in [9.17, 15) is 0 Å². The van der Waals surface area contributed by atoms with Crippen LogP contribution in [0.1, 0.15) is 54.0 Å². The van der Waals surface area contributed by atoms with Crippen molar-refractivity contribution in [3.8, 4) is 33.6 Å². The number of rotatable bonds is 13. The SMILES string of the molecule is COc1ccc(C2CC(c3cc(C)c(C)c(OC)c3)=NO2)cc1OCCCCCOc1ccc(-c2nc3ccccc3s2)cc1. The smallest absolute Gasteiger partial charge is 0.161 e. The summed E-state index contributed by atoms with van der Waals surface area (Å²) in [7, 11) is 3.35. The van der Waals surface area contributed by atoms with Crippen molar-refractivity contribution in [1.29, 1.82) is 0 Å². The van der Waals surface area contributed by atoms with Gasteiger partial charge in [0, 0.05) is 17.5 Å². The van der Waals surface area contributed by atoms with Gasteiger partial charge in [0.05, 0.1) is 43.4 Å². The zero-order valence-electron chi connectivity index (χ0n) is 26.2. The average Bonchev–Trinajstić information content (AvgIpc) is 3.74. The fourth-order valence-electron chi connectivity index (χ4n) is 5.38. The molecule has 0 aliphatic carbocycles. The van der Waals surface area contributed by atoms with Crippen molar-refractivity contribution in [3.63, 3.8) is 0 Å². The Balaban J connectivity index is 0.953. The maximum Gasteiger partial charge on any atom is 0.161 e. The van der Waals surface area contributed by atoms with Crippen LogP contribution in [0.3, 0.4) is 0 Å². The summed E-state index contributed by atoms with van der Waals surface area (Å²) in [5, 5.41) is 5.43. The molecule has 0 bridgehead atoms. The van der Waals surface area contributed by atoms with E-state index in [0.717, 1.165) is 74.8 Å². The van der Waals surface area contributed by atoms with Crippen molar-refractivity contribution >= 4 is 27.3 Å². The highest BCUT2D eigenvalue weighted by molar-refractivity contribution is 7.21. The first-order valence-electron chi connectivity index (χ1n) is 15.3. The third-order valence-electron chi connectivity index (χ3n) is 8.11. The summed E-state index contributed by atoms with van der Waals surface area (Å²) in [6.07, 6.45) is 3.33. The zero-order chi connectivity index (χ0) is 31.2. The first kappa shape index (κ1) is 30.5. The molecule has 45 heavy (non-hydrogen) atoms. The van der Waals surface area contributed by atoms with E-state index in [1.807, 2.05) is 54.6 Å². The molecule has 1 aliphatic rings. The van der Waals surface area contributed by atoms with Crippen molar-refractivity contribution in [3.05, 3.63) is 101 Å². The maximum absolute atomic E-state index is 6.16. The molecular weight excluding hydrogens is 584 g/mol. The van der Waals surface area contributed by atoms with Crippen LogP contribution in [-0.4, -0.2) is 38.1 Å². The number of oxime groups is 1. The van der Waals surface area contributed by atoms with Gasteiger partial charge in [0.15, 0.2) is 17.6 Å². The number of aromatic nitrogens is 1. The van der Waals surface area contributed by atoms with Gasteiger partial charge < -0.3 is 23.8 Å². The minimum atomic E-state index is -0.187. The molecule has 0 amide bonds. The van der Waals surface area contributed by atoms with E-state index in [-0.39, 0.29) is 6.10 Å². The van der Waals surface area contributed by atoms with Crippen LogP contribution >= 0.6 is 11.3 Å². The predicted octanol–water partition coefficient (Wildman–Crippen LogP) is 9.09. The van der Waals surface area contributed by atoms with Gasteiger partial charge in [-0.25, -0.2) is 4.98 Å². The highest BCUT2D eigenvalue weighted by Gasteiger charge is 2.26. The number of ether oxygens (including phenoxy) is 4. The monoisotopic (exact) mass is 622 g/mol. The molecule has 5 aromatic rings. The summed E-state index contributed by atoms with van der Waals surface area (Å²) >= 11 is 1.71. The molecule has 7 nitrogen and oxygen atoms in total. The first-order valence-corrected chi connectivity index (χ1v) is 16.1. The number of thiazole rings is 1. The number of benzene rings is 4. The summed E-state index contributed by atoms with van der Waals surface area (Å²) in [6, 6.07) is 26.5. The fourth-order valence-corrected chi connectivity index (χ4v) is 6.35. The minimum Gasteiger partial charge on any atom is -0.496 e. The molecule has 4 aromatic carbocycles. The largest absolute Gasteiger partial charge is 0.496 e. The molecule has 1 unspecified atom stereocenters. The van der Waals surface area contributed by atoms with Crippen molar-refractivity contribution in [1.82, 2.24) is 4.98 Å². The third kappa shape index (κ3) is 7.07. The Morgan fingerprint density at radius 1 is 0.778 bits per heavy atom. The van der Waals surface area contributed by atoms with Crippen LogP contribution in [0.2, 0.25) is 0 Å². The van der Waals surface area contributed by atoms with Crippen LogP contribution < -0.4 is 18.9 Å². The van der Waals surface area contributed by atoms with Crippen LogP contribution in [0.25, 0.3) is 20.8 Å². The zero-order valence-corrected chi connectivity index (χ0v) is 27.0. The second kappa shape index (κ2) is 14.0. The molecule has 1 aliphatic heterocycles. The second-order valence-electron chi connectivity index (χ2n) is 11.1. The Morgan fingerprint density at radius 3 is 2.33 bits per heavy atom. The lowest BCUT2D eigenvalue weighted by atomic mass is 9.97. The van der Waals surface area contributed by atoms with Crippen LogP contribution in [0.5, 0.6) is 23.0 Å². The van der Waals surface area contributed by atoms with Gasteiger partial charge in [-0.05, 0) is 110 Å². The van der Waals surface area contributed by atoms with Gasteiger partial charge in [-0.2, -0.15) is 0 Å². The van der Waals surface area contributed by atoms with Crippen LogP contribution in [0, 0.1) is 13.8 Å². The molecule has 8 heteroatoms. The first-order chi connectivity index (χ1) is 22.0. The second-order valence-corrected chi connectivity index (χ2v) is 12.2. The lowest BCUT2D eigenvalue weighted by molar-refractivity contribution is 0.0854. The molecular formula is C37H38N2O5S. The maximum atomic E-state index is 6.16. The number of unbranched alkanes of at least 4 members (excludes halogenated alkanes) is 2. The van der Waals surface area contributed by atoms with Crippen LogP contribution in [0.15, 0.2) is 84.0 Å². The van der Waals surface area contributed by atoms with Gasteiger partial charge in [-0.15, -0.1) is 11.3 Å². The molecule has 1 aromatic heterocycles. The summed E-state index contributed by atoms with van der Waals surface area (Å²) in [5.41, 5.74) is 7.37. The van der Waals surface area contributed by atoms with E-state index in [0.29, 0.717) is 31.1 Å². The molecule has 0 radical (unpaired) electrons. The average molecular weight is 623 g/mol. The van der Waals surface area contributed by atoms with Crippen molar-refractivity contribution < 1.29 is 23.8 Å². The molecule has 1 atom stereocenters. The Kier molecular flexibility index (Phi) is 9.50. The fraction of sp³-hybridized carbons (Fsp3) is 0.297. The number of hydrogen-bond acceptors (Lipinski definition) is 8. The van der Waals surface area contributed by atoms with Gasteiger partial charge in [0.25, 0.3) is 0 Å². The summed E-state index contributed by atoms with van der Waals surface area (Å²) in [6.45, 7) is 5.39. The Labute approximate surface area is 268 Å². The Bertz CT molecular complexity index is 1760. The Hall–Kier alpha value is -4.56. The normalized spacial score (nSPS) is 14.2. The molecule has 232 valence electrons. The summed E-state index contributed by atoms with van der Waals surface area (Å²) < 4.78 is 24.5. The summed E-state index contributed by atoms with van der Waals surface area (Å²) in [4.78, 5) is 10.6. The number of aryl methyl sites for hydroxylation is 1. The van der Waals surface area contributed by atoms with E-state index in [1.165, 1.54) is 4.70 Å². The predicted molar refractivity (Wildman–Crippen MR) is 180 cm³/mol. The van der Waals surface area contributed by atoms with E-state index < -0.39 is 0 Å². The number of fused-ring (bicyclic) bond motifs is 1. The van der Waals surface area contributed by atoms with E-state index >= 15 is 0 Å². The Morgan fingerprint density at radius 2 is 1.56 bits per heavy atom. The molecule has 0 saturated heterocycles. The molecule has 6 rings (SSSR count). The molecule has 0 spiro atoms. The quantitative estimate of drug-likeness (QED) is 0.122. The standard InChI is InChI=1S/C37H38N2O5S/c1-24-20-28(22-33(41-4)25(24)2)31-23-34(44-39-31)27-14-17-32(40-3)35(21-27)43-19-9-5-8-18-42-29-15-12-26(13-16-29)37-38-30-10-6-7-11-36(30)45-37/h6-7,10-17,20-22,34H,5,8-9,18-19,23H2,1-4H3. The molecule has 0 N–H and O–H groups in total. The number of para-hydroxylation sites is 1. The minimum absolute atomic E-state index is 0.187. The van der Waals surface area contributed by atoms with E-state index in [1.54, 1.807) is 25.6 Å². The van der Waals surface area contributed by atoms with Gasteiger partial charge in [-0.3, -0.25) is 0 Å². The topological polar surface area (TPSA) is 71.4 Å². The van der Waals surface area contributed by atoms with Crippen molar-refractivity contribution in [2.75, 3.05) is 27.4 Å². The van der Waals surface area contributed by atoms with Crippen LogP contribution in [-0.2, 0) is 4.84 Å². The molecule has 0 saturated carbocycles. The highest BCUT2D eigenvalue weighted by atomic mass is 32.1. The van der Waals surface area contributed by atoms with Gasteiger partial charge in [0.2, 0.25) is 0 Å². The van der Waals surface area contributed by atoms with E-state index in [4.69, 9.17) is 28.8 Å². The van der Waals surface area contributed by atoms with E-state index in [2.05, 4.69) is 43.3 Å². The van der Waals surface area contributed by atoms with Crippen molar-refractivity contribution in [2.24, 2.45) is 5.16 Å².